The maximum absolute atomic E-state index is 12.8. The second-order valence-corrected chi connectivity index (χ2v) is 8.07. The summed E-state index contributed by atoms with van der Waals surface area (Å²) in [5.74, 6) is 0.167. The van der Waals surface area contributed by atoms with Crippen molar-refractivity contribution in [3.8, 4) is 0 Å². The lowest BCUT2D eigenvalue weighted by Gasteiger charge is -2.39. The van der Waals surface area contributed by atoms with Gasteiger partial charge in [-0.25, -0.2) is 0 Å². The van der Waals surface area contributed by atoms with E-state index in [1.165, 1.54) is 0 Å². The van der Waals surface area contributed by atoms with Crippen LogP contribution in [-0.4, -0.2) is 85.0 Å². The van der Waals surface area contributed by atoms with E-state index in [2.05, 4.69) is 4.90 Å². The average molecular weight is 408 g/mol. The summed E-state index contributed by atoms with van der Waals surface area (Å²) < 4.78 is 5.94. The monoisotopic (exact) mass is 407 g/mol. The van der Waals surface area contributed by atoms with E-state index in [0.717, 1.165) is 36.3 Å². The first-order chi connectivity index (χ1) is 14.6. The highest BCUT2D eigenvalue weighted by Crippen LogP contribution is 2.14. The third-order valence-electron chi connectivity index (χ3n) is 5.87. The predicted octanol–water partition coefficient (Wildman–Crippen LogP) is 2.29. The minimum absolute atomic E-state index is 0.00419. The standard InChI is InChI=1S/C24H29N3O3/c1-19-7-9-21(10-8-19)24(29)27-15-16-30-22(18-27)17-25-11-13-26(14-12-25)23(28)20-5-3-2-4-6-20/h2-10,22H,11-18H2,1H3. The van der Waals surface area contributed by atoms with Gasteiger partial charge in [0.15, 0.2) is 0 Å². The molecule has 2 aromatic rings. The molecule has 1 unspecified atom stereocenters. The molecule has 0 spiro atoms. The van der Waals surface area contributed by atoms with Gasteiger partial charge in [0, 0.05) is 56.9 Å². The number of carbonyl (C=O) groups is 2. The third-order valence-corrected chi connectivity index (χ3v) is 5.87. The van der Waals surface area contributed by atoms with Gasteiger partial charge in [-0.1, -0.05) is 35.9 Å². The molecule has 2 amide bonds. The zero-order chi connectivity index (χ0) is 20.9. The molecule has 2 heterocycles. The van der Waals surface area contributed by atoms with Crippen LogP contribution < -0.4 is 0 Å². The van der Waals surface area contributed by atoms with E-state index in [-0.39, 0.29) is 17.9 Å². The molecule has 2 aliphatic heterocycles. The van der Waals surface area contributed by atoms with Crippen LogP contribution >= 0.6 is 0 Å². The number of aryl methyl sites for hydroxylation is 1. The Labute approximate surface area is 178 Å². The summed E-state index contributed by atoms with van der Waals surface area (Å²) in [6.07, 6.45) is 0.00419. The quantitative estimate of drug-likeness (QED) is 0.781. The maximum Gasteiger partial charge on any atom is 0.254 e. The van der Waals surface area contributed by atoms with Crippen LogP contribution in [0.25, 0.3) is 0 Å². The Morgan fingerprint density at radius 2 is 1.47 bits per heavy atom. The summed E-state index contributed by atoms with van der Waals surface area (Å²) in [5.41, 5.74) is 2.62. The zero-order valence-corrected chi connectivity index (χ0v) is 17.5. The Balaban J connectivity index is 1.27. The first-order valence-corrected chi connectivity index (χ1v) is 10.6. The largest absolute Gasteiger partial charge is 0.373 e. The van der Waals surface area contributed by atoms with E-state index in [4.69, 9.17) is 4.74 Å². The fourth-order valence-electron chi connectivity index (χ4n) is 4.08. The van der Waals surface area contributed by atoms with Crippen LogP contribution in [-0.2, 0) is 4.74 Å². The van der Waals surface area contributed by atoms with E-state index < -0.39 is 0 Å². The molecule has 0 N–H and O–H groups in total. The summed E-state index contributed by atoms with van der Waals surface area (Å²) in [5, 5.41) is 0. The van der Waals surface area contributed by atoms with Gasteiger partial charge in [0.05, 0.1) is 12.7 Å². The number of piperazine rings is 1. The molecular formula is C24H29N3O3. The first kappa shape index (κ1) is 20.6. The van der Waals surface area contributed by atoms with Crippen LogP contribution in [0.5, 0.6) is 0 Å². The van der Waals surface area contributed by atoms with Gasteiger partial charge in [-0.2, -0.15) is 0 Å². The molecule has 6 nitrogen and oxygen atoms in total. The Morgan fingerprint density at radius 3 is 2.17 bits per heavy atom. The van der Waals surface area contributed by atoms with E-state index >= 15 is 0 Å². The second-order valence-electron chi connectivity index (χ2n) is 8.07. The van der Waals surface area contributed by atoms with Crippen molar-refractivity contribution >= 4 is 11.8 Å². The van der Waals surface area contributed by atoms with E-state index in [1.807, 2.05) is 71.3 Å². The van der Waals surface area contributed by atoms with Crippen molar-refractivity contribution in [3.05, 3.63) is 71.3 Å². The van der Waals surface area contributed by atoms with Crippen LogP contribution in [0.2, 0.25) is 0 Å². The van der Waals surface area contributed by atoms with Crippen LogP contribution in [0.1, 0.15) is 26.3 Å². The summed E-state index contributed by atoms with van der Waals surface area (Å²) >= 11 is 0. The number of amides is 2. The van der Waals surface area contributed by atoms with Crippen molar-refractivity contribution in [1.82, 2.24) is 14.7 Å². The van der Waals surface area contributed by atoms with Crippen LogP contribution in [0.15, 0.2) is 54.6 Å². The van der Waals surface area contributed by atoms with Crippen molar-refractivity contribution in [1.29, 1.82) is 0 Å². The van der Waals surface area contributed by atoms with Gasteiger partial charge in [0.25, 0.3) is 11.8 Å². The van der Waals surface area contributed by atoms with Crippen LogP contribution in [0, 0.1) is 6.92 Å². The molecule has 6 heteroatoms. The highest BCUT2D eigenvalue weighted by atomic mass is 16.5. The minimum atomic E-state index is 0.00419. The molecule has 30 heavy (non-hydrogen) atoms. The second kappa shape index (κ2) is 9.41. The van der Waals surface area contributed by atoms with Gasteiger partial charge in [0.1, 0.15) is 0 Å². The van der Waals surface area contributed by atoms with Crippen molar-refractivity contribution in [2.45, 2.75) is 13.0 Å². The van der Waals surface area contributed by atoms with Gasteiger partial charge < -0.3 is 14.5 Å². The molecule has 4 rings (SSSR count). The normalized spacial score (nSPS) is 20.2. The van der Waals surface area contributed by atoms with E-state index in [9.17, 15) is 9.59 Å². The molecule has 0 saturated carbocycles. The molecule has 0 aromatic heterocycles. The summed E-state index contributed by atoms with van der Waals surface area (Å²) in [7, 11) is 0. The van der Waals surface area contributed by atoms with Gasteiger partial charge in [-0.15, -0.1) is 0 Å². The molecule has 2 fully saturated rings. The number of carbonyl (C=O) groups excluding carboxylic acids is 2. The van der Waals surface area contributed by atoms with Crippen molar-refractivity contribution in [2.75, 3.05) is 52.4 Å². The number of nitrogens with zero attached hydrogens (tertiary/aromatic N) is 3. The number of ether oxygens (including phenoxy) is 1. The third kappa shape index (κ3) is 4.89. The van der Waals surface area contributed by atoms with Crippen LogP contribution in [0.3, 0.4) is 0 Å². The maximum atomic E-state index is 12.8. The van der Waals surface area contributed by atoms with Crippen molar-refractivity contribution in [3.63, 3.8) is 0 Å². The molecule has 2 aromatic carbocycles. The zero-order valence-electron chi connectivity index (χ0n) is 17.5. The van der Waals surface area contributed by atoms with Crippen LogP contribution in [0.4, 0.5) is 0 Å². The molecule has 1 atom stereocenters. The molecule has 2 saturated heterocycles. The van der Waals surface area contributed by atoms with Gasteiger partial charge in [0.2, 0.25) is 0 Å². The highest BCUT2D eigenvalue weighted by molar-refractivity contribution is 5.94. The predicted molar refractivity (Wildman–Crippen MR) is 116 cm³/mol. The van der Waals surface area contributed by atoms with E-state index in [0.29, 0.717) is 32.8 Å². The van der Waals surface area contributed by atoms with Crippen molar-refractivity contribution in [2.24, 2.45) is 0 Å². The fourth-order valence-corrected chi connectivity index (χ4v) is 4.08. The molecule has 0 bridgehead atoms. The fraction of sp³-hybridized carbons (Fsp3) is 0.417. The average Bonchev–Trinajstić information content (AvgIpc) is 2.80. The lowest BCUT2D eigenvalue weighted by atomic mass is 10.1. The molecule has 0 radical (unpaired) electrons. The highest BCUT2D eigenvalue weighted by Gasteiger charge is 2.28. The lowest BCUT2D eigenvalue weighted by molar-refractivity contribution is -0.0399. The Morgan fingerprint density at radius 1 is 0.833 bits per heavy atom. The molecule has 2 aliphatic rings. The smallest absolute Gasteiger partial charge is 0.254 e. The number of benzene rings is 2. The Bertz CT molecular complexity index is 861. The number of hydrogen-bond donors (Lipinski definition) is 0. The summed E-state index contributed by atoms with van der Waals surface area (Å²) in [6, 6.07) is 17.2. The Hall–Kier alpha value is -2.70. The minimum Gasteiger partial charge on any atom is -0.373 e. The lowest BCUT2D eigenvalue weighted by Crippen LogP contribution is -2.54. The number of rotatable bonds is 4. The molecular weight excluding hydrogens is 378 g/mol. The number of hydrogen-bond acceptors (Lipinski definition) is 4. The summed E-state index contributed by atoms with van der Waals surface area (Å²) in [6.45, 7) is 7.68. The summed E-state index contributed by atoms with van der Waals surface area (Å²) in [4.78, 5) is 31.6. The first-order valence-electron chi connectivity index (χ1n) is 10.6. The van der Waals surface area contributed by atoms with E-state index in [1.54, 1.807) is 0 Å². The Kier molecular flexibility index (Phi) is 6.45. The molecule has 0 aliphatic carbocycles. The SMILES string of the molecule is Cc1ccc(C(=O)N2CCOC(CN3CCN(C(=O)c4ccccc4)CC3)C2)cc1. The van der Waals surface area contributed by atoms with Gasteiger partial charge in [-0.3, -0.25) is 14.5 Å². The number of morpholine rings is 1. The van der Waals surface area contributed by atoms with Gasteiger partial charge >= 0.3 is 0 Å². The van der Waals surface area contributed by atoms with Gasteiger partial charge in [-0.05, 0) is 31.2 Å². The molecule has 158 valence electrons. The van der Waals surface area contributed by atoms with Crippen molar-refractivity contribution < 1.29 is 14.3 Å². The topological polar surface area (TPSA) is 53.1 Å².